The lowest BCUT2D eigenvalue weighted by atomic mass is 10.1. The molecule has 4 nitrogen and oxygen atoms in total. The molecule has 1 atom stereocenters. The van der Waals surface area contributed by atoms with Crippen LogP contribution in [0.1, 0.15) is 84.0 Å². The number of amides is 1. The van der Waals surface area contributed by atoms with Crippen molar-refractivity contribution in [2.24, 2.45) is 0 Å². The fourth-order valence-electron chi connectivity index (χ4n) is 3.90. The molecule has 1 unspecified atom stereocenters. The van der Waals surface area contributed by atoms with Gasteiger partial charge in [-0.2, -0.15) is 0 Å². The van der Waals surface area contributed by atoms with Crippen LogP contribution in [0.3, 0.4) is 0 Å². The van der Waals surface area contributed by atoms with Gasteiger partial charge in [0.1, 0.15) is 12.6 Å². The summed E-state index contributed by atoms with van der Waals surface area (Å²) in [5.41, 5.74) is 0. The molecule has 1 N–H and O–H groups in total. The first kappa shape index (κ1) is 22.4. The average Bonchev–Trinajstić information content (AvgIpc) is 2.93. The minimum atomic E-state index is -0.403. The second-order valence-electron chi connectivity index (χ2n) is 8.62. The molecule has 1 aliphatic heterocycles. The van der Waals surface area contributed by atoms with E-state index in [1.165, 1.54) is 64.2 Å². The summed E-state index contributed by atoms with van der Waals surface area (Å²) in [5.74, 6) is 0.207. The van der Waals surface area contributed by atoms with Crippen LogP contribution in [0.5, 0.6) is 0 Å². The first-order valence-corrected chi connectivity index (χ1v) is 10.7. The summed E-state index contributed by atoms with van der Waals surface area (Å²) in [6, 6.07) is 0. The second-order valence-corrected chi connectivity index (χ2v) is 8.62. The Bertz CT molecular complexity index is 358. The Balaban J connectivity index is 2.01. The standard InChI is InChI=1S/C21H43N2O2/c1-4-5-6-7-8-9-10-11-12-13-17-23(2,3)19-20(24)18-22-16-14-15-21(22)25/h20,24H,4-19H2,1-3H3/q+1. The zero-order valence-electron chi connectivity index (χ0n) is 17.1. The van der Waals surface area contributed by atoms with Crippen LogP contribution in [-0.2, 0) is 4.79 Å². The quantitative estimate of drug-likeness (QED) is 0.357. The number of unbranched alkanes of at least 4 members (excludes halogenated alkanes) is 9. The van der Waals surface area contributed by atoms with Gasteiger partial charge in [-0.3, -0.25) is 4.79 Å². The number of carbonyl (C=O) groups excluding carboxylic acids is 1. The van der Waals surface area contributed by atoms with E-state index in [2.05, 4.69) is 21.0 Å². The van der Waals surface area contributed by atoms with E-state index in [1.807, 2.05) is 4.90 Å². The van der Waals surface area contributed by atoms with Crippen molar-refractivity contribution in [1.82, 2.24) is 4.90 Å². The number of hydrogen-bond acceptors (Lipinski definition) is 2. The molecular formula is C21H43N2O2+. The molecule has 1 saturated heterocycles. The molecule has 0 aromatic carbocycles. The lowest BCUT2D eigenvalue weighted by Crippen LogP contribution is -2.49. The number of likely N-dealkylation sites (N-methyl/N-ethyl adjacent to an activating group) is 1. The summed E-state index contributed by atoms with van der Waals surface area (Å²) < 4.78 is 0.847. The summed E-state index contributed by atoms with van der Waals surface area (Å²) in [6.07, 6.45) is 14.8. The van der Waals surface area contributed by atoms with Gasteiger partial charge in [0, 0.05) is 13.0 Å². The predicted molar refractivity (Wildman–Crippen MR) is 106 cm³/mol. The third-order valence-corrected chi connectivity index (χ3v) is 5.42. The number of aliphatic hydroxyl groups excluding tert-OH is 1. The Labute approximate surface area is 156 Å². The third-order valence-electron chi connectivity index (χ3n) is 5.42. The van der Waals surface area contributed by atoms with Crippen molar-refractivity contribution in [3.05, 3.63) is 0 Å². The molecule has 1 heterocycles. The van der Waals surface area contributed by atoms with Crippen molar-refractivity contribution in [3.8, 4) is 0 Å². The molecule has 0 spiro atoms. The van der Waals surface area contributed by atoms with Gasteiger partial charge >= 0.3 is 0 Å². The van der Waals surface area contributed by atoms with Crippen molar-refractivity contribution in [2.45, 2.75) is 90.1 Å². The largest absolute Gasteiger partial charge is 0.385 e. The summed E-state index contributed by atoms with van der Waals surface area (Å²) in [5, 5.41) is 10.3. The highest BCUT2D eigenvalue weighted by molar-refractivity contribution is 5.78. The van der Waals surface area contributed by atoms with Crippen LogP contribution in [0.15, 0.2) is 0 Å². The van der Waals surface area contributed by atoms with Crippen LogP contribution in [0.25, 0.3) is 0 Å². The highest BCUT2D eigenvalue weighted by Gasteiger charge is 2.26. The molecule has 0 saturated carbocycles. The summed E-state index contributed by atoms with van der Waals surface area (Å²) >= 11 is 0. The van der Waals surface area contributed by atoms with E-state index in [-0.39, 0.29) is 5.91 Å². The van der Waals surface area contributed by atoms with Crippen molar-refractivity contribution in [3.63, 3.8) is 0 Å². The molecule has 0 aromatic rings. The molecule has 4 heteroatoms. The molecule has 1 aliphatic rings. The maximum atomic E-state index is 11.7. The molecule has 1 amide bonds. The second kappa shape index (κ2) is 12.7. The Kier molecular flexibility index (Phi) is 11.4. The van der Waals surface area contributed by atoms with Crippen molar-refractivity contribution < 1.29 is 14.4 Å². The topological polar surface area (TPSA) is 40.5 Å². The monoisotopic (exact) mass is 355 g/mol. The average molecular weight is 356 g/mol. The Morgan fingerprint density at radius 2 is 1.56 bits per heavy atom. The van der Waals surface area contributed by atoms with Gasteiger partial charge in [-0.15, -0.1) is 0 Å². The molecule has 0 radical (unpaired) electrons. The van der Waals surface area contributed by atoms with Crippen molar-refractivity contribution >= 4 is 5.91 Å². The Hall–Kier alpha value is -0.610. The predicted octanol–water partition coefficient (Wildman–Crippen LogP) is 3.97. The lowest BCUT2D eigenvalue weighted by Gasteiger charge is -2.33. The Morgan fingerprint density at radius 1 is 1.00 bits per heavy atom. The van der Waals surface area contributed by atoms with Gasteiger partial charge in [0.25, 0.3) is 0 Å². The van der Waals surface area contributed by atoms with Crippen LogP contribution >= 0.6 is 0 Å². The van der Waals surface area contributed by atoms with E-state index >= 15 is 0 Å². The zero-order valence-corrected chi connectivity index (χ0v) is 17.1. The third kappa shape index (κ3) is 10.9. The van der Waals surface area contributed by atoms with Gasteiger partial charge in [-0.05, 0) is 19.3 Å². The normalized spacial score (nSPS) is 16.6. The summed E-state index contributed by atoms with van der Waals surface area (Å²) in [4.78, 5) is 13.5. The van der Waals surface area contributed by atoms with Crippen LogP contribution in [0.4, 0.5) is 0 Å². The smallest absolute Gasteiger partial charge is 0.222 e. The van der Waals surface area contributed by atoms with Crippen molar-refractivity contribution in [1.29, 1.82) is 0 Å². The van der Waals surface area contributed by atoms with E-state index in [1.54, 1.807) is 0 Å². The fraction of sp³-hybridized carbons (Fsp3) is 0.952. The van der Waals surface area contributed by atoms with Gasteiger partial charge < -0.3 is 14.5 Å². The van der Waals surface area contributed by atoms with E-state index in [0.717, 1.165) is 30.5 Å². The van der Waals surface area contributed by atoms with Crippen LogP contribution in [-0.4, -0.2) is 66.8 Å². The number of β-amino-alcohol motifs (C(OH)–C–C–N with tert-alkyl or cyclic N) is 1. The van der Waals surface area contributed by atoms with E-state index < -0.39 is 6.10 Å². The first-order chi connectivity index (χ1) is 11.9. The minimum Gasteiger partial charge on any atom is -0.385 e. The molecule has 25 heavy (non-hydrogen) atoms. The number of nitrogens with zero attached hydrogens (tertiary/aromatic N) is 2. The molecule has 1 fully saturated rings. The lowest BCUT2D eigenvalue weighted by molar-refractivity contribution is -0.893. The number of hydrogen-bond donors (Lipinski definition) is 1. The summed E-state index contributed by atoms with van der Waals surface area (Å²) in [7, 11) is 4.39. The molecule has 1 rings (SSSR count). The molecule has 0 bridgehead atoms. The van der Waals surface area contributed by atoms with Gasteiger partial charge in [0.05, 0.1) is 27.2 Å². The van der Waals surface area contributed by atoms with Crippen LogP contribution in [0, 0.1) is 0 Å². The number of quaternary nitrogens is 1. The van der Waals surface area contributed by atoms with E-state index in [9.17, 15) is 9.90 Å². The number of likely N-dealkylation sites (tertiary alicyclic amines) is 1. The maximum Gasteiger partial charge on any atom is 0.222 e. The number of rotatable bonds is 15. The van der Waals surface area contributed by atoms with Gasteiger partial charge in [0.15, 0.2) is 0 Å². The minimum absolute atomic E-state index is 0.207. The maximum absolute atomic E-state index is 11.7. The van der Waals surface area contributed by atoms with E-state index in [4.69, 9.17) is 0 Å². The Morgan fingerprint density at radius 3 is 2.08 bits per heavy atom. The number of aliphatic hydroxyl groups is 1. The van der Waals surface area contributed by atoms with Gasteiger partial charge in [-0.1, -0.05) is 58.3 Å². The molecule has 0 aliphatic carbocycles. The van der Waals surface area contributed by atoms with Crippen LogP contribution < -0.4 is 0 Å². The highest BCUT2D eigenvalue weighted by Crippen LogP contribution is 2.13. The summed E-state index contributed by atoms with van der Waals surface area (Å²) in [6.45, 7) is 5.45. The molecule has 0 aromatic heterocycles. The van der Waals surface area contributed by atoms with Gasteiger partial charge in [-0.25, -0.2) is 0 Å². The van der Waals surface area contributed by atoms with Crippen molar-refractivity contribution in [2.75, 3.05) is 40.3 Å². The SMILES string of the molecule is CCCCCCCCCCCC[N+](C)(C)CC(O)CN1CCCC1=O. The van der Waals surface area contributed by atoms with Crippen LogP contribution in [0.2, 0.25) is 0 Å². The highest BCUT2D eigenvalue weighted by atomic mass is 16.3. The zero-order chi connectivity index (χ0) is 18.5. The number of carbonyl (C=O) groups is 1. The van der Waals surface area contributed by atoms with Gasteiger partial charge in [0.2, 0.25) is 5.91 Å². The molecular weight excluding hydrogens is 312 g/mol. The van der Waals surface area contributed by atoms with E-state index in [0.29, 0.717) is 13.0 Å². The fourth-order valence-corrected chi connectivity index (χ4v) is 3.90. The first-order valence-electron chi connectivity index (χ1n) is 10.7. The molecule has 148 valence electrons.